The van der Waals surface area contributed by atoms with E-state index in [1.54, 1.807) is 6.92 Å². The zero-order valence-corrected chi connectivity index (χ0v) is 10.6. The largest absolute Gasteiger partial charge is 0.487 e. The van der Waals surface area contributed by atoms with Crippen LogP contribution in [0.25, 0.3) is 0 Å². The second-order valence-corrected chi connectivity index (χ2v) is 4.48. The van der Waals surface area contributed by atoms with Crippen molar-refractivity contribution in [3.63, 3.8) is 0 Å². The van der Waals surface area contributed by atoms with Crippen LogP contribution in [0.5, 0.6) is 5.75 Å². The highest BCUT2D eigenvalue weighted by atomic mass is 35.5. The molecular formula is C10H9Cl3O3. The Morgan fingerprint density at radius 1 is 1.38 bits per heavy atom. The average molecular weight is 284 g/mol. The lowest BCUT2D eigenvalue weighted by Gasteiger charge is -2.15. The van der Waals surface area contributed by atoms with Gasteiger partial charge in [-0.05, 0) is 19.1 Å². The van der Waals surface area contributed by atoms with E-state index in [1.165, 1.54) is 12.1 Å². The van der Waals surface area contributed by atoms with Crippen molar-refractivity contribution in [3.05, 3.63) is 27.2 Å². The molecule has 3 nitrogen and oxygen atoms in total. The van der Waals surface area contributed by atoms with Crippen LogP contribution in [-0.4, -0.2) is 17.2 Å². The molecule has 0 amide bonds. The van der Waals surface area contributed by atoms with Gasteiger partial charge in [-0.25, -0.2) is 0 Å². The van der Waals surface area contributed by atoms with Gasteiger partial charge in [0.2, 0.25) is 0 Å². The van der Waals surface area contributed by atoms with Crippen LogP contribution in [0.4, 0.5) is 0 Å². The number of halogens is 3. The maximum Gasteiger partial charge on any atom is 0.307 e. The molecule has 1 aromatic rings. The van der Waals surface area contributed by atoms with Crippen LogP contribution < -0.4 is 4.74 Å². The molecule has 0 spiro atoms. The molecule has 88 valence electrons. The van der Waals surface area contributed by atoms with E-state index >= 15 is 0 Å². The van der Waals surface area contributed by atoms with Gasteiger partial charge in [0, 0.05) is 5.02 Å². The van der Waals surface area contributed by atoms with Gasteiger partial charge in [-0.1, -0.05) is 34.8 Å². The normalized spacial score (nSPS) is 12.2. The Balaban J connectivity index is 2.85. The lowest BCUT2D eigenvalue weighted by atomic mass is 10.3. The van der Waals surface area contributed by atoms with Crippen molar-refractivity contribution in [2.75, 3.05) is 0 Å². The third-order valence-electron chi connectivity index (χ3n) is 1.74. The minimum absolute atomic E-state index is 0.130. The minimum Gasteiger partial charge on any atom is -0.487 e. The maximum absolute atomic E-state index is 10.5. The number of aliphatic carboxylic acids is 1. The van der Waals surface area contributed by atoms with Gasteiger partial charge >= 0.3 is 5.97 Å². The fraction of sp³-hybridized carbons (Fsp3) is 0.300. The topological polar surface area (TPSA) is 46.5 Å². The molecule has 16 heavy (non-hydrogen) atoms. The Kier molecular flexibility index (Phi) is 4.71. The Morgan fingerprint density at radius 2 is 1.88 bits per heavy atom. The molecule has 1 atom stereocenters. The number of rotatable bonds is 4. The Hall–Kier alpha value is -0.640. The van der Waals surface area contributed by atoms with E-state index < -0.39 is 12.1 Å². The predicted octanol–water partition coefficient (Wildman–Crippen LogP) is 3.89. The summed E-state index contributed by atoms with van der Waals surface area (Å²) in [6.45, 7) is 1.62. The van der Waals surface area contributed by atoms with Gasteiger partial charge in [-0.15, -0.1) is 0 Å². The van der Waals surface area contributed by atoms with E-state index in [1.807, 2.05) is 0 Å². The van der Waals surface area contributed by atoms with Crippen molar-refractivity contribution in [1.82, 2.24) is 0 Å². The fourth-order valence-corrected chi connectivity index (χ4v) is 2.04. The van der Waals surface area contributed by atoms with E-state index in [4.69, 9.17) is 44.6 Å². The number of ether oxygens (including phenoxy) is 1. The number of carboxylic acid groups (broad SMARTS) is 1. The molecule has 0 heterocycles. The first-order valence-corrected chi connectivity index (χ1v) is 5.56. The third-order valence-corrected chi connectivity index (χ3v) is 2.52. The van der Waals surface area contributed by atoms with Crippen LogP contribution in [0.1, 0.15) is 13.3 Å². The maximum atomic E-state index is 10.5. The molecule has 0 radical (unpaired) electrons. The molecule has 0 bridgehead atoms. The number of hydrogen-bond donors (Lipinski definition) is 1. The summed E-state index contributed by atoms with van der Waals surface area (Å²) in [6.07, 6.45) is -0.649. The monoisotopic (exact) mass is 282 g/mol. The molecule has 6 heteroatoms. The smallest absolute Gasteiger partial charge is 0.307 e. The molecule has 0 saturated heterocycles. The summed E-state index contributed by atoms with van der Waals surface area (Å²) >= 11 is 17.5. The van der Waals surface area contributed by atoms with Crippen molar-refractivity contribution in [1.29, 1.82) is 0 Å². The van der Waals surface area contributed by atoms with E-state index in [0.29, 0.717) is 5.02 Å². The summed E-state index contributed by atoms with van der Waals surface area (Å²) in [5, 5.41) is 9.49. The molecule has 0 aliphatic rings. The van der Waals surface area contributed by atoms with Gasteiger partial charge < -0.3 is 9.84 Å². The van der Waals surface area contributed by atoms with E-state index in [0.717, 1.165) is 0 Å². The highest BCUT2D eigenvalue weighted by Gasteiger charge is 2.14. The fourth-order valence-electron chi connectivity index (χ4n) is 1.13. The standard InChI is InChI=1S/C10H9Cl3O3/c1-5(2-9(14)15)16-10-7(12)3-6(11)4-8(10)13/h3-5H,2H2,1H3,(H,14,15)/t5-/m0/s1. The van der Waals surface area contributed by atoms with Gasteiger partial charge in [0.1, 0.15) is 6.10 Å². The van der Waals surface area contributed by atoms with Crippen molar-refractivity contribution in [3.8, 4) is 5.75 Å². The lowest BCUT2D eigenvalue weighted by molar-refractivity contribution is -0.138. The van der Waals surface area contributed by atoms with Crippen LogP contribution in [-0.2, 0) is 4.79 Å². The zero-order valence-electron chi connectivity index (χ0n) is 8.34. The molecule has 0 fully saturated rings. The van der Waals surface area contributed by atoms with Crippen molar-refractivity contribution in [2.24, 2.45) is 0 Å². The molecular weight excluding hydrogens is 274 g/mol. The summed E-state index contributed by atoms with van der Waals surface area (Å²) in [5.41, 5.74) is 0. The third kappa shape index (κ3) is 3.74. The SMILES string of the molecule is C[C@@H](CC(=O)O)Oc1c(Cl)cc(Cl)cc1Cl. The van der Waals surface area contributed by atoms with Crippen LogP contribution in [0, 0.1) is 0 Å². The van der Waals surface area contributed by atoms with Gasteiger partial charge in [0.15, 0.2) is 5.75 Å². The summed E-state index contributed by atoms with van der Waals surface area (Å²) in [5.74, 6) is -0.699. The van der Waals surface area contributed by atoms with Crippen LogP contribution in [0.2, 0.25) is 15.1 Å². The average Bonchev–Trinajstić information content (AvgIpc) is 2.09. The molecule has 0 aromatic heterocycles. The Morgan fingerprint density at radius 3 is 2.31 bits per heavy atom. The Labute approximate surface area is 108 Å². The zero-order chi connectivity index (χ0) is 12.3. The van der Waals surface area contributed by atoms with Crippen molar-refractivity contribution >= 4 is 40.8 Å². The predicted molar refractivity (Wildman–Crippen MR) is 63.8 cm³/mol. The quantitative estimate of drug-likeness (QED) is 0.912. The number of carboxylic acids is 1. The van der Waals surface area contributed by atoms with E-state index in [9.17, 15) is 4.79 Å². The molecule has 0 aliphatic carbocycles. The van der Waals surface area contributed by atoms with Crippen molar-refractivity contribution in [2.45, 2.75) is 19.4 Å². The molecule has 1 rings (SSSR count). The van der Waals surface area contributed by atoms with Crippen LogP contribution in [0.15, 0.2) is 12.1 Å². The number of benzene rings is 1. The highest BCUT2D eigenvalue weighted by molar-refractivity contribution is 6.40. The molecule has 0 aliphatic heterocycles. The van der Waals surface area contributed by atoms with Crippen molar-refractivity contribution < 1.29 is 14.6 Å². The van der Waals surface area contributed by atoms with Gasteiger partial charge in [-0.2, -0.15) is 0 Å². The summed E-state index contributed by atoms with van der Waals surface area (Å²) < 4.78 is 5.34. The summed E-state index contributed by atoms with van der Waals surface area (Å²) in [4.78, 5) is 10.5. The number of hydrogen-bond acceptors (Lipinski definition) is 2. The lowest BCUT2D eigenvalue weighted by Crippen LogP contribution is -2.17. The number of carbonyl (C=O) groups is 1. The molecule has 0 unspecified atom stereocenters. The molecule has 0 saturated carbocycles. The second-order valence-electron chi connectivity index (χ2n) is 3.22. The van der Waals surface area contributed by atoms with E-state index in [-0.39, 0.29) is 22.2 Å². The summed E-state index contributed by atoms with van der Waals surface area (Å²) in [6, 6.07) is 2.97. The minimum atomic E-state index is -0.950. The van der Waals surface area contributed by atoms with Gasteiger partial charge in [-0.3, -0.25) is 4.79 Å². The molecule has 1 aromatic carbocycles. The van der Waals surface area contributed by atoms with Gasteiger partial charge in [0.25, 0.3) is 0 Å². The molecule has 1 N–H and O–H groups in total. The Bertz CT molecular complexity index is 383. The van der Waals surface area contributed by atoms with Crippen LogP contribution >= 0.6 is 34.8 Å². The van der Waals surface area contributed by atoms with E-state index in [2.05, 4.69) is 0 Å². The first kappa shape index (κ1) is 13.4. The highest BCUT2D eigenvalue weighted by Crippen LogP contribution is 2.36. The second kappa shape index (κ2) is 5.62. The van der Waals surface area contributed by atoms with Gasteiger partial charge in [0.05, 0.1) is 16.5 Å². The first-order chi connectivity index (χ1) is 7.40. The summed E-state index contributed by atoms with van der Waals surface area (Å²) in [7, 11) is 0. The first-order valence-electron chi connectivity index (χ1n) is 4.43. The van der Waals surface area contributed by atoms with Crippen LogP contribution in [0.3, 0.4) is 0 Å².